The van der Waals surface area contributed by atoms with E-state index in [1.165, 1.54) is 7.11 Å². The molecule has 0 aliphatic heterocycles. The van der Waals surface area contributed by atoms with Gasteiger partial charge in [0.05, 0.1) is 13.7 Å². The number of ether oxygens (including phenoxy) is 2. The van der Waals surface area contributed by atoms with E-state index in [-0.39, 0.29) is 5.97 Å². The van der Waals surface area contributed by atoms with E-state index >= 15 is 0 Å². The van der Waals surface area contributed by atoms with Crippen LogP contribution in [0.4, 0.5) is 0 Å². The number of carbonyl (C=O) groups is 1. The fourth-order valence-corrected chi connectivity index (χ4v) is 1.93. The number of hydrogen-bond acceptors (Lipinski definition) is 5. The third-order valence-corrected chi connectivity index (χ3v) is 2.88. The monoisotopic (exact) mass is 292 g/mol. The normalized spacial score (nSPS) is 11.5. The summed E-state index contributed by atoms with van der Waals surface area (Å²) in [6.07, 6.45) is 0.648. The van der Waals surface area contributed by atoms with Crippen LogP contribution in [-0.2, 0) is 20.9 Å². The topological polar surface area (TPSA) is 96.3 Å². The highest BCUT2D eigenvalue weighted by Crippen LogP contribution is 2.17. The molecular formula is C14H20N4O3. The lowest BCUT2D eigenvalue weighted by Gasteiger charge is -2.17. The van der Waals surface area contributed by atoms with E-state index < -0.39 is 6.04 Å². The molecule has 7 nitrogen and oxygen atoms in total. The predicted molar refractivity (Wildman–Crippen MR) is 78.5 cm³/mol. The SMILES string of the molecule is COCc1cccc(C(NCCCN=[N+]=[N-])C(=O)OC)c1. The van der Waals surface area contributed by atoms with Crippen molar-refractivity contribution < 1.29 is 14.3 Å². The number of rotatable bonds is 9. The molecule has 7 heteroatoms. The van der Waals surface area contributed by atoms with Crippen LogP contribution in [0, 0.1) is 0 Å². The standard InChI is InChI=1S/C14H20N4O3/c1-20-10-11-5-3-6-12(9-11)13(14(19)21-2)16-7-4-8-17-18-15/h3,5-6,9,13,16H,4,7-8,10H2,1-2H3. The van der Waals surface area contributed by atoms with Crippen molar-refractivity contribution in [1.82, 2.24) is 5.32 Å². The van der Waals surface area contributed by atoms with Crippen molar-refractivity contribution in [2.24, 2.45) is 5.11 Å². The zero-order valence-electron chi connectivity index (χ0n) is 12.3. The minimum absolute atomic E-state index is 0.353. The van der Waals surface area contributed by atoms with E-state index in [1.54, 1.807) is 7.11 Å². The Bertz CT molecular complexity index is 501. The van der Waals surface area contributed by atoms with Gasteiger partial charge in [0.15, 0.2) is 0 Å². The van der Waals surface area contributed by atoms with Crippen LogP contribution in [0.25, 0.3) is 10.4 Å². The van der Waals surface area contributed by atoms with E-state index in [2.05, 4.69) is 15.3 Å². The van der Waals surface area contributed by atoms with E-state index in [4.69, 9.17) is 15.0 Å². The molecule has 0 fully saturated rings. The van der Waals surface area contributed by atoms with Gasteiger partial charge in [-0.3, -0.25) is 0 Å². The molecule has 1 atom stereocenters. The van der Waals surface area contributed by atoms with E-state index in [0.717, 1.165) is 11.1 Å². The van der Waals surface area contributed by atoms with Crippen LogP contribution in [0.3, 0.4) is 0 Å². The van der Waals surface area contributed by atoms with Crippen molar-refractivity contribution in [3.8, 4) is 0 Å². The summed E-state index contributed by atoms with van der Waals surface area (Å²) >= 11 is 0. The molecule has 0 aliphatic carbocycles. The highest BCUT2D eigenvalue weighted by molar-refractivity contribution is 5.77. The van der Waals surface area contributed by atoms with E-state index in [0.29, 0.717) is 26.1 Å². The second kappa shape index (κ2) is 9.77. The van der Waals surface area contributed by atoms with Gasteiger partial charge in [0, 0.05) is 18.6 Å². The third-order valence-electron chi connectivity index (χ3n) is 2.88. The van der Waals surface area contributed by atoms with Gasteiger partial charge in [-0.15, -0.1) is 0 Å². The van der Waals surface area contributed by atoms with Gasteiger partial charge in [0.2, 0.25) is 0 Å². The molecule has 1 unspecified atom stereocenters. The maximum atomic E-state index is 11.9. The van der Waals surface area contributed by atoms with Gasteiger partial charge < -0.3 is 14.8 Å². The average Bonchev–Trinajstić information content (AvgIpc) is 2.51. The maximum Gasteiger partial charge on any atom is 0.327 e. The molecule has 114 valence electrons. The van der Waals surface area contributed by atoms with Gasteiger partial charge in [-0.05, 0) is 29.6 Å². The van der Waals surface area contributed by atoms with Crippen molar-refractivity contribution >= 4 is 5.97 Å². The van der Waals surface area contributed by atoms with Gasteiger partial charge in [0.1, 0.15) is 6.04 Å². The largest absolute Gasteiger partial charge is 0.468 e. The van der Waals surface area contributed by atoms with Crippen LogP contribution in [0.15, 0.2) is 29.4 Å². The molecule has 0 heterocycles. The smallest absolute Gasteiger partial charge is 0.327 e. The first kappa shape index (κ1) is 17.0. The molecule has 0 aromatic heterocycles. The minimum Gasteiger partial charge on any atom is -0.468 e. The second-order valence-electron chi connectivity index (χ2n) is 4.40. The highest BCUT2D eigenvalue weighted by Gasteiger charge is 2.20. The van der Waals surface area contributed by atoms with Crippen molar-refractivity contribution in [3.05, 3.63) is 45.8 Å². The molecule has 0 aliphatic rings. The average molecular weight is 292 g/mol. The lowest BCUT2D eigenvalue weighted by molar-refractivity contribution is -0.143. The van der Waals surface area contributed by atoms with Crippen molar-refractivity contribution in [2.75, 3.05) is 27.3 Å². The van der Waals surface area contributed by atoms with Crippen LogP contribution < -0.4 is 5.32 Å². The van der Waals surface area contributed by atoms with E-state index in [9.17, 15) is 4.79 Å². The molecule has 0 amide bonds. The number of hydrogen-bond donors (Lipinski definition) is 1. The van der Waals surface area contributed by atoms with Gasteiger partial charge in [-0.1, -0.05) is 29.4 Å². The Hall–Kier alpha value is -2.08. The number of carbonyl (C=O) groups excluding carboxylic acids is 1. The second-order valence-corrected chi connectivity index (χ2v) is 4.40. The molecular weight excluding hydrogens is 272 g/mol. The van der Waals surface area contributed by atoms with Gasteiger partial charge in [-0.25, -0.2) is 4.79 Å². The molecule has 1 rings (SSSR count). The summed E-state index contributed by atoms with van der Waals surface area (Å²) < 4.78 is 9.92. The Morgan fingerprint density at radius 2 is 2.29 bits per heavy atom. The first-order valence-electron chi connectivity index (χ1n) is 6.62. The minimum atomic E-state index is -0.544. The molecule has 1 aromatic carbocycles. The zero-order chi connectivity index (χ0) is 15.5. The summed E-state index contributed by atoms with van der Waals surface area (Å²) in [6, 6.07) is 7.04. The van der Waals surface area contributed by atoms with Gasteiger partial charge >= 0.3 is 5.97 Å². The van der Waals surface area contributed by atoms with Crippen LogP contribution in [0.1, 0.15) is 23.6 Å². The van der Waals surface area contributed by atoms with Crippen LogP contribution >= 0.6 is 0 Å². The molecule has 0 saturated carbocycles. The summed E-state index contributed by atoms with van der Waals surface area (Å²) in [5.41, 5.74) is 10.0. The first-order valence-corrected chi connectivity index (χ1v) is 6.62. The Morgan fingerprint density at radius 1 is 1.48 bits per heavy atom. The van der Waals surface area contributed by atoms with Gasteiger partial charge in [-0.2, -0.15) is 0 Å². The number of benzene rings is 1. The van der Waals surface area contributed by atoms with Crippen LogP contribution in [0.5, 0.6) is 0 Å². The molecule has 21 heavy (non-hydrogen) atoms. The number of nitrogens with zero attached hydrogens (tertiary/aromatic N) is 3. The van der Waals surface area contributed by atoms with Gasteiger partial charge in [0.25, 0.3) is 0 Å². The lowest BCUT2D eigenvalue weighted by Crippen LogP contribution is -2.30. The summed E-state index contributed by atoms with van der Waals surface area (Å²) in [5.74, 6) is -0.353. The lowest BCUT2D eigenvalue weighted by atomic mass is 10.0. The van der Waals surface area contributed by atoms with Crippen LogP contribution in [-0.4, -0.2) is 33.3 Å². The van der Waals surface area contributed by atoms with Crippen molar-refractivity contribution in [2.45, 2.75) is 19.1 Å². The van der Waals surface area contributed by atoms with Crippen molar-refractivity contribution in [1.29, 1.82) is 0 Å². The molecule has 1 aromatic rings. The first-order chi connectivity index (χ1) is 10.2. The fraction of sp³-hybridized carbons (Fsp3) is 0.500. The zero-order valence-corrected chi connectivity index (χ0v) is 12.3. The molecule has 0 radical (unpaired) electrons. The van der Waals surface area contributed by atoms with E-state index in [1.807, 2.05) is 24.3 Å². The molecule has 0 bridgehead atoms. The third kappa shape index (κ3) is 5.83. The summed E-state index contributed by atoms with van der Waals surface area (Å²) in [4.78, 5) is 14.6. The Labute approximate surface area is 123 Å². The maximum absolute atomic E-state index is 11.9. The Balaban J connectivity index is 2.74. The molecule has 0 spiro atoms. The molecule has 0 saturated heterocycles. The summed E-state index contributed by atoms with van der Waals surface area (Å²) in [6.45, 7) is 1.42. The number of methoxy groups -OCH3 is 2. The van der Waals surface area contributed by atoms with Crippen LogP contribution in [0.2, 0.25) is 0 Å². The number of nitrogens with one attached hydrogen (secondary N) is 1. The number of esters is 1. The fourth-order valence-electron chi connectivity index (χ4n) is 1.93. The summed E-state index contributed by atoms with van der Waals surface area (Å²) in [5, 5.41) is 6.57. The predicted octanol–water partition coefficient (Wildman–Crippen LogP) is 2.34. The Morgan fingerprint density at radius 3 is 2.95 bits per heavy atom. The Kier molecular flexibility index (Phi) is 7.89. The van der Waals surface area contributed by atoms with Crippen molar-refractivity contribution in [3.63, 3.8) is 0 Å². The quantitative estimate of drug-likeness (QED) is 0.248. The molecule has 1 N–H and O–H groups in total. The highest BCUT2D eigenvalue weighted by atomic mass is 16.5. The number of azide groups is 1. The summed E-state index contributed by atoms with van der Waals surface area (Å²) in [7, 11) is 2.98.